The van der Waals surface area contributed by atoms with Crippen LogP contribution in [0.25, 0.3) is 0 Å². The number of unbranched alkanes of at least 4 members (excludes halogenated alkanes) is 21. The van der Waals surface area contributed by atoms with Gasteiger partial charge in [-0.1, -0.05) is 163 Å². The molecule has 1 rings (SSSR count). The van der Waals surface area contributed by atoms with Gasteiger partial charge in [0.25, 0.3) is 0 Å². The first-order valence-corrected chi connectivity index (χ1v) is 23.1. The van der Waals surface area contributed by atoms with Crippen LogP contribution in [0.2, 0.25) is 0 Å². The number of hydrogen-bond acceptors (Lipinski definition) is 5. The first kappa shape index (κ1) is 47.9. The summed E-state index contributed by atoms with van der Waals surface area (Å²) in [5, 5.41) is 0. The predicted octanol–water partition coefficient (Wildman–Crippen LogP) is 14.1. The average Bonchev–Trinajstić information content (AvgIpc) is 3.13. The van der Waals surface area contributed by atoms with Crippen LogP contribution in [0.5, 0.6) is 0 Å². The van der Waals surface area contributed by atoms with Gasteiger partial charge in [0, 0.05) is 25.4 Å². The summed E-state index contributed by atoms with van der Waals surface area (Å²) in [5.41, 5.74) is 0. The largest absolute Gasteiger partial charge is 0.466 e. The molecular weight excluding hydrogens is 631 g/mol. The van der Waals surface area contributed by atoms with Crippen molar-refractivity contribution in [1.29, 1.82) is 0 Å². The van der Waals surface area contributed by atoms with Crippen LogP contribution >= 0.6 is 0 Å². The lowest BCUT2D eigenvalue weighted by atomic mass is 9.87. The summed E-state index contributed by atoms with van der Waals surface area (Å²) in [7, 11) is 0. The third-order valence-electron chi connectivity index (χ3n) is 11.6. The first-order valence-electron chi connectivity index (χ1n) is 23.1. The van der Waals surface area contributed by atoms with Crippen LogP contribution in [0.15, 0.2) is 0 Å². The number of carbonyl (C=O) groups excluding carboxylic acids is 2. The maximum absolute atomic E-state index is 12.8. The SMILES string of the molecule is CCCCCCCCCOC(=O)CCCCCC1CCC(CCCCCCC(=O)OC(CCCCCCCC)CCCCCCCC)N(CC)C1. The number of ether oxygens (including phenoxy) is 2. The number of carbonyl (C=O) groups is 2. The van der Waals surface area contributed by atoms with Crippen LogP contribution in [0.1, 0.15) is 246 Å². The van der Waals surface area contributed by atoms with Crippen molar-refractivity contribution in [3.8, 4) is 0 Å². The summed E-state index contributed by atoms with van der Waals surface area (Å²) in [6.07, 6.45) is 41.0. The van der Waals surface area contributed by atoms with Crippen molar-refractivity contribution in [3.63, 3.8) is 0 Å². The second kappa shape index (κ2) is 35.9. The Kier molecular flexibility index (Phi) is 33.7. The van der Waals surface area contributed by atoms with Crippen LogP contribution in [0.4, 0.5) is 0 Å². The van der Waals surface area contributed by atoms with Gasteiger partial charge in [-0.2, -0.15) is 0 Å². The molecule has 302 valence electrons. The highest BCUT2D eigenvalue weighted by atomic mass is 16.5. The van der Waals surface area contributed by atoms with Crippen LogP contribution in [-0.2, 0) is 19.1 Å². The van der Waals surface area contributed by atoms with Crippen molar-refractivity contribution in [2.75, 3.05) is 19.7 Å². The second-order valence-corrected chi connectivity index (χ2v) is 16.3. The fourth-order valence-corrected chi connectivity index (χ4v) is 8.14. The Labute approximate surface area is 318 Å². The van der Waals surface area contributed by atoms with Crippen molar-refractivity contribution in [3.05, 3.63) is 0 Å². The quantitative estimate of drug-likeness (QED) is 0.0472. The Morgan fingerprint density at radius 2 is 1.00 bits per heavy atom. The average molecular weight is 720 g/mol. The molecule has 0 aliphatic carbocycles. The van der Waals surface area contributed by atoms with Gasteiger partial charge in [0.2, 0.25) is 0 Å². The van der Waals surface area contributed by atoms with E-state index in [1.165, 1.54) is 167 Å². The lowest BCUT2D eigenvalue weighted by Crippen LogP contribution is -2.43. The molecule has 1 fully saturated rings. The molecule has 1 aliphatic heterocycles. The van der Waals surface area contributed by atoms with Gasteiger partial charge in [-0.25, -0.2) is 0 Å². The molecule has 1 saturated heterocycles. The standard InChI is InChI=1S/C46H89NO4/c1-5-9-12-15-18-23-31-40-50-45(48)36-30-24-25-32-42-38-39-43(47(8-4)41-42)33-26-21-22-29-37-46(49)51-44(34-27-19-16-13-10-6-2)35-28-20-17-14-11-7-3/h42-44H,5-41H2,1-4H3. The Balaban J connectivity index is 2.14. The Morgan fingerprint density at radius 3 is 1.59 bits per heavy atom. The maximum Gasteiger partial charge on any atom is 0.306 e. The number of hydrogen-bond donors (Lipinski definition) is 0. The third-order valence-corrected chi connectivity index (χ3v) is 11.6. The molecule has 2 atom stereocenters. The van der Waals surface area contributed by atoms with E-state index in [9.17, 15) is 9.59 Å². The zero-order valence-electron chi connectivity index (χ0n) is 35.0. The highest BCUT2D eigenvalue weighted by Gasteiger charge is 2.26. The molecule has 0 aromatic heterocycles. The Bertz CT molecular complexity index is 756. The lowest BCUT2D eigenvalue weighted by molar-refractivity contribution is -0.150. The number of esters is 2. The zero-order chi connectivity index (χ0) is 37.0. The summed E-state index contributed by atoms with van der Waals surface area (Å²) >= 11 is 0. The fourth-order valence-electron chi connectivity index (χ4n) is 8.14. The van der Waals surface area contributed by atoms with Crippen LogP contribution < -0.4 is 0 Å². The lowest BCUT2D eigenvalue weighted by Gasteiger charge is -2.39. The number of likely N-dealkylation sites (tertiary alicyclic amines) is 1. The van der Waals surface area contributed by atoms with Gasteiger partial charge in [0.15, 0.2) is 0 Å². The van der Waals surface area contributed by atoms with Gasteiger partial charge in [-0.15, -0.1) is 0 Å². The van der Waals surface area contributed by atoms with Crippen molar-refractivity contribution in [1.82, 2.24) is 4.90 Å². The third kappa shape index (κ3) is 29.0. The monoisotopic (exact) mass is 720 g/mol. The molecule has 0 N–H and O–H groups in total. The highest BCUT2D eigenvalue weighted by molar-refractivity contribution is 5.69. The molecule has 0 aromatic rings. The van der Waals surface area contributed by atoms with E-state index in [1.807, 2.05) is 0 Å². The maximum atomic E-state index is 12.8. The van der Waals surface area contributed by atoms with E-state index >= 15 is 0 Å². The van der Waals surface area contributed by atoms with Gasteiger partial charge in [-0.05, 0) is 83.1 Å². The Morgan fingerprint density at radius 1 is 0.529 bits per heavy atom. The normalized spacial score (nSPS) is 16.6. The van der Waals surface area contributed by atoms with E-state index in [-0.39, 0.29) is 18.0 Å². The predicted molar refractivity (Wildman–Crippen MR) is 219 cm³/mol. The summed E-state index contributed by atoms with van der Waals surface area (Å²) in [5.74, 6) is 0.860. The summed E-state index contributed by atoms with van der Waals surface area (Å²) in [4.78, 5) is 27.6. The summed E-state index contributed by atoms with van der Waals surface area (Å²) in [6.45, 7) is 12.1. The Hall–Kier alpha value is -1.10. The van der Waals surface area contributed by atoms with Crippen molar-refractivity contribution in [2.45, 2.75) is 258 Å². The number of piperidine rings is 1. The van der Waals surface area contributed by atoms with E-state index in [2.05, 4.69) is 32.6 Å². The number of rotatable bonds is 37. The molecule has 0 amide bonds. The van der Waals surface area contributed by atoms with Crippen molar-refractivity contribution < 1.29 is 19.1 Å². The van der Waals surface area contributed by atoms with Gasteiger partial charge >= 0.3 is 11.9 Å². The summed E-state index contributed by atoms with van der Waals surface area (Å²) in [6, 6.07) is 0.729. The molecule has 51 heavy (non-hydrogen) atoms. The van der Waals surface area contributed by atoms with Gasteiger partial charge in [0.1, 0.15) is 6.10 Å². The molecular formula is C46H89NO4. The topological polar surface area (TPSA) is 55.8 Å². The fraction of sp³-hybridized carbons (Fsp3) is 0.957. The van der Waals surface area contributed by atoms with E-state index in [0.717, 1.165) is 63.5 Å². The molecule has 0 radical (unpaired) electrons. The molecule has 0 saturated carbocycles. The van der Waals surface area contributed by atoms with Gasteiger partial charge in [-0.3, -0.25) is 9.59 Å². The second-order valence-electron chi connectivity index (χ2n) is 16.3. The van der Waals surface area contributed by atoms with Crippen LogP contribution in [0, 0.1) is 5.92 Å². The van der Waals surface area contributed by atoms with Crippen LogP contribution in [-0.4, -0.2) is 48.7 Å². The molecule has 5 nitrogen and oxygen atoms in total. The molecule has 0 spiro atoms. The molecule has 0 bridgehead atoms. The van der Waals surface area contributed by atoms with E-state index in [0.29, 0.717) is 19.4 Å². The zero-order valence-corrected chi connectivity index (χ0v) is 35.0. The molecule has 1 heterocycles. The molecule has 2 unspecified atom stereocenters. The molecule has 5 heteroatoms. The molecule has 1 aliphatic rings. The minimum absolute atomic E-state index is 0.00447. The smallest absolute Gasteiger partial charge is 0.306 e. The number of nitrogens with zero attached hydrogens (tertiary/aromatic N) is 1. The van der Waals surface area contributed by atoms with Gasteiger partial charge in [0.05, 0.1) is 6.61 Å². The molecule has 0 aromatic carbocycles. The van der Waals surface area contributed by atoms with E-state index in [4.69, 9.17) is 9.47 Å². The first-order chi connectivity index (χ1) is 25.0. The van der Waals surface area contributed by atoms with E-state index in [1.54, 1.807) is 0 Å². The van der Waals surface area contributed by atoms with E-state index < -0.39 is 0 Å². The minimum Gasteiger partial charge on any atom is -0.466 e. The minimum atomic E-state index is 0.00447. The van der Waals surface area contributed by atoms with Crippen molar-refractivity contribution >= 4 is 11.9 Å². The van der Waals surface area contributed by atoms with Crippen LogP contribution in [0.3, 0.4) is 0 Å². The van der Waals surface area contributed by atoms with Gasteiger partial charge < -0.3 is 14.4 Å². The summed E-state index contributed by atoms with van der Waals surface area (Å²) < 4.78 is 11.5. The van der Waals surface area contributed by atoms with Crippen molar-refractivity contribution in [2.24, 2.45) is 5.92 Å². The highest BCUT2D eigenvalue weighted by Crippen LogP contribution is 2.29.